The van der Waals surface area contributed by atoms with Crippen molar-refractivity contribution in [1.29, 1.82) is 0 Å². The summed E-state index contributed by atoms with van der Waals surface area (Å²) in [5.41, 5.74) is 2.59. The van der Waals surface area contributed by atoms with Gasteiger partial charge in [0.2, 0.25) is 0 Å². The normalized spacial score (nSPS) is 11.2. The van der Waals surface area contributed by atoms with Crippen molar-refractivity contribution in [1.82, 2.24) is 0 Å². The lowest BCUT2D eigenvalue weighted by atomic mass is 10.1. The largest absolute Gasteiger partial charge is 0.494 e. The third-order valence-corrected chi connectivity index (χ3v) is 6.81. The molecule has 8 heteroatoms. The molecule has 0 radical (unpaired) electrons. The van der Waals surface area contributed by atoms with E-state index in [1.807, 2.05) is 38.1 Å². The molecule has 0 aliphatic heterocycles. The number of benzene rings is 2. The fourth-order valence-electron chi connectivity index (χ4n) is 2.88. The van der Waals surface area contributed by atoms with Gasteiger partial charge in [-0.25, -0.2) is 13.2 Å². The van der Waals surface area contributed by atoms with Crippen molar-refractivity contribution in [2.24, 2.45) is 0 Å². The van der Waals surface area contributed by atoms with Crippen molar-refractivity contribution in [3.8, 4) is 16.9 Å². The van der Waals surface area contributed by atoms with Crippen LogP contribution in [0.5, 0.6) is 5.75 Å². The monoisotopic (exact) mass is 445 g/mol. The molecule has 1 heterocycles. The minimum atomic E-state index is -4.06. The third-order valence-electron chi connectivity index (χ3n) is 4.26. The highest BCUT2D eigenvalue weighted by molar-refractivity contribution is 7.93. The molecule has 30 heavy (non-hydrogen) atoms. The van der Waals surface area contributed by atoms with E-state index in [0.717, 1.165) is 16.9 Å². The summed E-state index contributed by atoms with van der Waals surface area (Å²) in [6, 6.07) is 14.1. The van der Waals surface area contributed by atoms with Gasteiger partial charge in [0.15, 0.2) is 0 Å². The molecule has 0 aliphatic carbocycles. The molecular weight excluding hydrogens is 422 g/mol. The number of sulfonamides is 1. The first-order valence-corrected chi connectivity index (χ1v) is 11.8. The summed E-state index contributed by atoms with van der Waals surface area (Å²) in [7, 11) is -4.06. The Kier molecular flexibility index (Phi) is 6.79. The van der Waals surface area contributed by atoms with Crippen molar-refractivity contribution in [2.75, 3.05) is 17.9 Å². The second-order valence-electron chi connectivity index (χ2n) is 6.46. The van der Waals surface area contributed by atoms with Crippen LogP contribution in [0.3, 0.4) is 0 Å². The zero-order chi connectivity index (χ0) is 21.7. The number of aryl methyl sites for hydroxylation is 1. The van der Waals surface area contributed by atoms with Crippen LogP contribution in [-0.4, -0.2) is 27.6 Å². The Morgan fingerprint density at radius 2 is 1.67 bits per heavy atom. The lowest BCUT2D eigenvalue weighted by Crippen LogP contribution is -2.17. The molecule has 0 bridgehead atoms. The lowest BCUT2D eigenvalue weighted by molar-refractivity contribution is 0.0528. The maximum Gasteiger partial charge on any atom is 0.349 e. The van der Waals surface area contributed by atoms with E-state index in [0.29, 0.717) is 29.2 Å². The number of thiophene rings is 1. The standard InChI is InChI=1S/C22H23NO5S2/c1-4-27-18-12-10-17(11-13-18)23-30(25,26)21-19(16-8-6-15(3)7-9-16)14-29-20(21)22(24)28-5-2/h6-14,23H,4-5H2,1-3H3. The molecule has 3 aromatic rings. The van der Waals surface area contributed by atoms with Gasteiger partial charge in [-0.2, -0.15) is 0 Å². The van der Waals surface area contributed by atoms with Gasteiger partial charge in [-0.1, -0.05) is 29.8 Å². The quantitative estimate of drug-likeness (QED) is 0.488. The molecule has 2 aromatic carbocycles. The number of nitrogens with one attached hydrogen (secondary N) is 1. The van der Waals surface area contributed by atoms with Gasteiger partial charge in [0.05, 0.1) is 13.2 Å². The maximum absolute atomic E-state index is 13.3. The van der Waals surface area contributed by atoms with Gasteiger partial charge in [-0.15, -0.1) is 11.3 Å². The van der Waals surface area contributed by atoms with Gasteiger partial charge in [-0.05, 0) is 50.6 Å². The van der Waals surface area contributed by atoms with Crippen LogP contribution in [0.2, 0.25) is 0 Å². The number of hydrogen-bond acceptors (Lipinski definition) is 6. The fraction of sp³-hybridized carbons (Fsp3) is 0.227. The van der Waals surface area contributed by atoms with Gasteiger partial charge >= 0.3 is 5.97 Å². The molecular formula is C22H23NO5S2. The van der Waals surface area contributed by atoms with Gasteiger partial charge in [-0.3, -0.25) is 4.72 Å². The topological polar surface area (TPSA) is 81.7 Å². The first kappa shape index (κ1) is 21.9. The molecule has 1 aromatic heterocycles. The SMILES string of the molecule is CCOC(=O)c1scc(-c2ccc(C)cc2)c1S(=O)(=O)Nc1ccc(OCC)cc1. The van der Waals surface area contributed by atoms with Crippen molar-refractivity contribution in [3.63, 3.8) is 0 Å². The van der Waals surface area contributed by atoms with E-state index in [9.17, 15) is 13.2 Å². The van der Waals surface area contributed by atoms with Gasteiger partial charge in [0.25, 0.3) is 10.0 Å². The molecule has 0 saturated carbocycles. The molecule has 1 N–H and O–H groups in total. The van der Waals surface area contributed by atoms with E-state index in [4.69, 9.17) is 9.47 Å². The van der Waals surface area contributed by atoms with E-state index in [1.54, 1.807) is 36.6 Å². The smallest absolute Gasteiger partial charge is 0.349 e. The number of anilines is 1. The highest BCUT2D eigenvalue weighted by atomic mass is 32.2. The lowest BCUT2D eigenvalue weighted by Gasteiger charge is -2.12. The minimum absolute atomic E-state index is 0.0471. The molecule has 3 rings (SSSR count). The molecule has 0 spiro atoms. The fourth-order valence-corrected chi connectivity index (χ4v) is 5.63. The second kappa shape index (κ2) is 9.32. The van der Waals surface area contributed by atoms with E-state index >= 15 is 0 Å². The summed E-state index contributed by atoms with van der Waals surface area (Å²) in [6.45, 7) is 6.17. The second-order valence-corrected chi connectivity index (χ2v) is 8.96. The number of ether oxygens (including phenoxy) is 2. The van der Waals surface area contributed by atoms with Crippen molar-refractivity contribution in [2.45, 2.75) is 25.7 Å². The van der Waals surface area contributed by atoms with Gasteiger partial charge in [0.1, 0.15) is 15.5 Å². The average molecular weight is 446 g/mol. The number of esters is 1. The summed E-state index contributed by atoms with van der Waals surface area (Å²) in [4.78, 5) is 12.4. The predicted octanol–water partition coefficient (Wildman–Crippen LogP) is 5.10. The number of hydrogen-bond donors (Lipinski definition) is 1. The highest BCUT2D eigenvalue weighted by Crippen LogP contribution is 2.37. The van der Waals surface area contributed by atoms with Crippen LogP contribution < -0.4 is 9.46 Å². The summed E-state index contributed by atoms with van der Waals surface area (Å²) < 4.78 is 39.7. The van der Waals surface area contributed by atoms with Crippen LogP contribution in [-0.2, 0) is 14.8 Å². The van der Waals surface area contributed by atoms with Crippen molar-refractivity contribution < 1.29 is 22.7 Å². The summed E-state index contributed by atoms with van der Waals surface area (Å²) in [5.74, 6) is -0.0172. The Labute approximate surface area is 180 Å². The Morgan fingerprint density at radius 1 is 1.00 bits per heavy atom. The third kappa shape index (κ3) is 4.83. The molecule has 158 valence electrons. The molecule has 0 unspecified atom stereocenters. The summed E-state index contributed by atoms with van der Waals surface area (Å²) in [6.07, 6.45) is 0. The molecule has 0 aliphatic rings. The first-order valence-electron chi connectivity index (χ1n) is 9.47. The molecule has 0 saturated heterocycles. The Balaban J connectivity index is 2.05. The van der Waals surface area contributed by atoms with Crippen molar-refractivity contribution in [3.05, 3.63) is 64.4 Å². The zero-order valence-corrected chi connectivity index (χ0v) is 18.6. The molecule has 6 nitrogen and oxygen atoms in total. The Bertz CT molecular complexity index is 1120. The van der Waals surface area contributed by atoms with Gasteiger partial charge < -0.3 is 9.47 Å². The van der Waals surface area contributed by atoms with Crippen LogP contribution in [0.1, 0.15) is 29.1 Å². The maximum atomic E-state index is 13.3. The highest BCUT2D eigenvalue weighted by Gasteiger charge is 2.30. The summed E-state index contributed by atoms with van der Waals surface area (Å²) >= 11 is 1.06. The number of carbonyl (C=O) groups is 1. The van der Waals surface area contributed by atoms with Crippen molar-refractivity contribution >= 4 is 33.0 Å². The van der Waals surface area contributed by atoms with Crippen LogP contribution in [0.15, 0.2) is 58.8 Å². The molecule has 0 atom stereocenters. The number of rotatable bonds is 8. The van der Waals surface area contributed by atoms with Crippen LogP contribution in [0, 0.1) is 6.92 Å². The molecule has 0 amide bonds. The van der Waals surface area contributed by atoms with E-state index in [1.165, 1.54) is 0 Å². The van der Waals surface area contributed by atoms with Gasteiger partial charge in [0, 0.05) is 16.6 Å². The predicted molar refractivity (Wildman–Crippen MR) is 119 cm³/mol. The zero-order valence-electron chi connectivity index (χ0n) is 17.0. The number of carbonyl (C=O) groups excluding carboxylic acids is 1. The molecule has 0 fully saturated rings. The average Bonchev–Trinajstić information content (AvgIpc) is 3.17. The van der Waals surface area contributed by atoms with E-state index in [-0.39, 0.29) is 16.4 Å². The first-order chi connectivity index (χ1) is 14.4. The van der Waals surface area contributed by atoms with Crippen LogP contribution in [0.4, 0.5) is 5.69 Å². The Hall–Kier alpha value is -2.84. The van der Waals surface area contributed by atoms with Crippen LogP contribution >= 0.6 is 11.3 Å². The Morgan fingerprint density at radius 3 is 2.27 bits per heavy atom. The van der Waals surface area contributed by atoms with E-state index in [2.05, 4.69) is 4.72 Å². The van der Waals surface area contributed by atoms with E-state index < -0.39 is 16.0 Å². The summed E-state index contributed by atoms with van der Waals surface area (Å²) in [5, 5.41) is 1.67. The minimum Gasteiger partial charge on any atom is -0.494 e. The van der Waals surface area contributed by atoms with Crippen LogP contribution in [0.25, 0.3) is 11.1 Å².